The van der Waals surface area contributed by atoms with E-state index in [-0.39, 0.29) is 5.97 Å². The summed E-state index contributed by atoms with van der Waals surface area (Å²) in [5.74, 6) is -0.171. The van der Waals surface area contributed by atoms with Crippen LogP contribution in [0.1, 0.15) is 64.2 Å². The molecule has 0 radical (unpaired) electrons. The molecular formula is C14H24O2. The van der Waals surface area contributed by atoms with Gasteiger partial charge in [0.2, 0.25) is 0 Å². The van der Waals surface area contributed by atoms with E-state index in [9.17, 15) is 4.79 Å². The summed E-state index contributed by atoms with van der Waals surface area (Å²) in [5.41, 5.74) is 0. The highest BCUT2D eigenvalue weighted by Gasteiger charge is 1.98. The third-order valence-electron chi connectivity index (χ3n) is 3.01. The van der Waals surface area contributed by atoms with Crippen LogP contribution in [0.15, 0.2) is 12.2 Å². The number of cyclic esters (lactones) is 1. The largest absolute Gasteiger partial charge is 0.463 e. The third kappa shape index (κ3) is 7.49. The van der Waals surface area contributed by atoms with Crippen LogP contribution in [-0.4, -0.2) is 12.6 Å². The number of rotatable bonds is 0. The van der Waals surface area contributed by atoms with E-state index >= 15 is 0 Å². The van der Waals surface area contributed by atoms with Crippen LogP contribution in [0.4, 0.5) is 0 Å². The van der Waals surface area contributed by atoms with Crippen LogP contribution < -0.4 is 0 Å². The van der Waals surface area contributed by atoms with E-state index in [0.717, 1.165) is 12.8 Å². The van der Waals surface area contributed by atoms with Gasteiger partial charge >= 0.3 is 5.97 Å². The van der Waals surface area contributed by atoms with Gasteiger partial charge in [0.25, 0.3) is 0 Å². The van der Waals surface area contributed by atoms with Crippen LogP contribution in [-0.2, 0) is 9.53 Å². The number of carbonyl (C=O) groups is 1. The van der Waals surface area contributed by atoms with E-state index in [1.165, 1.54) is 51.4 Å². The van der Waals surface area contributed by atoms with Gasteiger partial charge in [-0.15, -0.1) is 0 Å². The Kier molecular flexibility index (Phi) is 7.83. The van der Waals surface area contributed by atoms with E-state index in [1.54, 1.807) is 6.08 Å². The highest BCUT2D eigenvalue weighted by Crippen LogP contribution is 2.11. The number of allylic oxidation sites excluding steroid dienone is 1. The molecule has 1 rings (SSSR count). The molecule has 92 valence electrons. The van der Waals surface area contributed by atoms with Crippen molar-refractivity contribution in [1.29, 1.82) is 0 Å². The molecule has 0 amide bonds. The van der Waals surface area contributed by atoms with Crippen molar-refractivity contribution >= 4 is 5.97 Å². The molecule has 0 unspecified atom stereocenters. The summed E-state index contributed by atoms with van der Waals surface area (Å²) in [5, 5.41) is 0. The summed E-state index contributed by atoms with van der Waals surface area (Å²) in [6, 6.07) is 0. The monoisotopic (exact) mass is 224 g/mol. The first-order chi connectivity index (χ1) is 7.89. The van der Waals surface area contributed by atoms with Gasteiger partial charge in [0.05, 0.1) is 6.61 Å². The predicted octanol–water partition coefficient (Wildman–Crippen LogP) is 4.00. The average molecular weight is 224 g/mol. The van der Waals surface area contributed by atoms with Gasteiger partial charge in [-0.2, -0.15) is 0 Å². The summed E-state index contributed by atoms with van der Waals surface area (Å²) >= 11 is 0. The lowest BCUT2D eigenvalue weighted by Crippen LogP contribution is -2.02. The van der Waals surface area contributed by atoms with Crippen LogP contribution in [0.5, 0.6) is 0 Å². The zero-order chi connectivity index (χ0) is 11.5. The first-order valence-electron chi connectivity index (χ1n) is 6.73. The smallest absolute Gasteiger partial charge is 0.330 e. The fourth-order valence-corrected chi connectivity index (χ4v) is 2.00. The van der Waals surface area contributed by atoms with Crippen molar-refractivity contribution < 1.29 is 9.53 Å². The molecule has 0 saturated heterocycles. The Hall–Kier alpha value is -0.790. The fraction of sp³-hybridized carbons (Fsp3) is 0.786. The minimum atomic E-state index is -0.171. The molecular weight excluding hydrogens is 200 g/mol. The topological polar surface area (TPSA) is 26.3 Å². The molecule has 16 heavy (non-hydrogen) atoms. The average Bonchev–Trinajstić information content (AvgIpc) is 2.29. The van der Waals surface area contributed by atoms with Gasteiger partial charge in [-0.25, -0.2) is 4.79 Å². The molecule has 0 saturated carbocycles. The zero-order valence-corrected chi connectivity index (χ0v) is 10.2. The summed E-state index contributed by atoms with van der Waals surface area (Å²) in [6.45, 7) is 0.586. The van der Waals surface area contributed by atoms with Crippen LogP contribution in [0.2, 0.25) is 0 Å². The number of hydrogen-bond acceptors (Lipinski definition) is 2. The molecule has 1 aliphatic heterocycles. The van der Waals surface area contributed by atoms with Crippen molar-refractivity contribution in [2.45, 2.75) is 64.2 Å². The van der Waals surface area contributed by atoms with Crippen LogP contribution >= 0.6 is 0 Å². The molecule has 2 nitrogen and oxygen atoms in total. The van der Waals surface area contributed by atoms with Crippen LogP contribution in [0.3, 0.4) is 0 Å². The third-order valence-corrected chi connectivity index (χ3v) is 3.01. The SMILES string of the molecule is O=C1/C=C\CCCCCCCCCCCO1. The minimum absolute atomic E-state index is 0.171. The predicted molar refractivity (Wildman–Crippen MR) is 66.3 cm³/mol. The first kappa shape index (κ1) is 13.3. The zero-order valence-electron chi connectivity index (χ0n) is 10.2. The van der Waals surface area contributed by atoms with E-state index in [4.69, 9.17) is 4.74 Å². The Morgan fingerprint density at radius 3 is 2.06 bits per heavy atom. The van der Waals surface area contributed by atoms with Gasteiger partial charge in [-0.1, -0.05) is 51.0 Å². The molecule has 0 aromatic rings. The number of esters is 1. The molecule has 1 aliphatic rings. The molecule has 0 N–H and O–H groups in total. The summed E-state index contributed by atoms with van der Waals surface area (Å²) in [4.78, 5) is 11.2. The van der Waals surface area contributed by atoms with Crippen molar-refractivity contribution in [2.75, 3.05) is 6.61 Å². The Labute approximate surface area is 99.1 Å². The highest BCUT2D eigenvalue weighted by atomic mass is 16.5. The van der Waals surface area contributed by atoms with Crippen molar-refractivity contribution in [2.24, 2.45) is 0 Å². The second-order valence-corrected chi connectivity index (χ2v) is 4.54. The normalized spacial score (nSPS) is 23.9. The Morgan fingerprint density at radius 2 is 1.38 bits per heavy atom. The lowest BCUT2D eigenvalue weighted by molar-refractivity contribution is -0.137. The maximum Gasteiger partial charge on any atom is 0.330 e. The van der Waals surface area contributed by atoms with Crippen molar-refractivity contribution in [3.8, 4) is 0 Å². The van der Waals surface area contributed by atoms with Crippen LogP contribution in [0, 0.1) is 0 Å². The van der Waals surface area contributed by atoms with Crippen molar-refractivity contribution in [1.82, 2.24) is 0 Å². The molecule has 0 spiro atoms. The molecule has 1 heterocycles. The van der Waals surface area contributed by atoms with Crippen molar-refractivity contribution in [3.63, 3.8) is 0 Å². The molecule has 0 atom stereocenters. The minimum Gasteiger partial charge on any atom is -0.463 e. The fourth-order valence-electron chi connectivity index (χ4n) is 2.00. The van der Waals surface area contributed by atoms with Gasteiger partial charge in [-0.05, 0) is 19.3 Å². The van der Waals surface area contributed by atoms with Crippen LogP contribution in [0.25, 0.3) is 0 Å². The Bertz CT molecular complexity index is 209. The Balaban J connectivity index is 2.21. The number of ether oxygens (including phenoxy) is 1. The maximum absolute atomic E-state index is 11.2. The second-order valence-electron chi connectivity index (χ2n) is 4.54. The molecule has 2 heteroatoms. The van der Waals surface area contributed by atoms with Gasteiger partial charge in [0.1, 0.15) is 0 Å². The lowest BCUT2D eigenvalue weighted by atomic mass is 10.1. The van der Waals surface area contributed by atoms with Crippen molar-refractivity contribution in [3.05, 3.63) is 12.2 Å². The van der Waals surface area contributed by atoms with Gasteiger partial charge in [0.15, 0.2) is 0 Å². The number of carbonyl (C=O) groups excluding carboxylic acids is 1. The molecule has 0 fully saturated rings. The summed E-state index contributed by atoms with van der Waals surface area (Å²) < 4.78 is 5.09. The van der Waals surface area contributed by atoms with E-state index in [1.807, 2.05) is 6.08 Å². The van der Waals surface area contributed by atoms with E-state index in [2.05, 4.69) is 0 Å². The van der Waals surface area contributed by atoms with Gasteiger partial charge < -0.3 is 4.74 Å². The quantitative estimate of drug-likeness (QED) is 0.581. The summed E-state index contributed by atoms with van der Waals surface area (Å²) in [6.07, 6.45) is 15.9. The molecule has 0 aromatic heterocycles. The summed E-state index contributed by atoms with van der Waals surface area (Å²) in [7, 11) is 0. The van der Waals surface area contributed by atoms with E-state index in [0.29, 0.717) is 6.61 Å². The lowest BCUT2D eigenvalue weighted by Gasteiger charge is -2.02. The molecule has 0 aromatic carbocycles. The first-order valence-corrected chi connectivity index (χ1v) is 6.73. The Morgan fingerprint density at radius 1 is 0.812 bits per heavy atom. The number of hydrogen-bond donors (Lipinski definition) is 0. The maximum atomic E-state index is 11.2. The van der Waals surface area contributed by atoms with E-state index < -0.39 is 0 Å². The highest BCUT2D eigenvalue weighted by molar-refractivity contribution is 5.81. The van der Waals surface area contributed by atoms with Gasteiger partial charge in [0, 0.05) is 6.08 Å². The van der Waals surface area contributed by atoms with Gasteiger partial charge in [-0.3, -0.25) is 0 Å². The molecule has 0 aliphatic carbocycles. The standard InChI is InChI=1S/C14H24O2/c15-14-12-10-8-6-4-2-1-3-5-7-9-11-13-16-14/h10,12H,1-9,11,13H2/b12-10-. The second kappa shape index (κ2) is 9.44. The molecule has 0 bridgehead atoms.